The van der Waals surface area contributed by atoms with Crippen molar-refractivity contribution in [2.24, 2.45) is 11.5 Å². The first-order chi connectivity index (χ1) is 10.9. The van der Waals surface area contributed by atoms with Crippen molar-refractivity contribution in [3.05, 3.63) is 65.0 Å². The molecule has 0 aliphatic rings. The molecule has 0 aliphatic heterocycles. The fourth-order valence-corrected chi connectivity index (χ4v) is 2.22. The Hall–Kier alpha value is -2.73. The number of halogens is 1. The maximum atomic E-state index is 13.7. The third kappa shape index (κ3) is 3.92. The number of hydrogen-bond donors (Lipinski definition) is 3. The van der Waals surface area contributed by atoms with E-state index in [-0.39, 0.29) is 23.7 Å². The summed E-state index contributed by atoms with van der Waals surface area (Å²) in [5, 5.41) is 2.60. The van der Waals surface area contributed by atoms with Gasteiger partial charge < -0.3 is 16.8 Å². The Kier molecular flexibility index (Phi) is 5.08. The summed E-state index contributed by atoms with van der Waals surface area (Å²) in [6, 6.07) is 11.2. The number of rotatable bonds is 5. The smallest absolute Gasteiger partial charge is 0.251 e. The molecule has 2 aromatic carbocycles. The van der Waals surface area contributed by atoms with Gasteiger partial charge in [-0.25, -0.2) is 4.39 Å². The molecule has 0 aliphatic carbocycles. The first-order valence-electron chi connectivity index (χ1n) is 7.09. The Morgan fingerprint density at radius 3 is 2.35 bits per heavy atom. The lowest BCUT2D eigenvalue weighted by Crippen LogP contribution is -2.27. The van der Waals surface area contributed by atoms with E-state index in [2.05, 4.69) is 5.32 Å². The molecule has 1 atom stereocenters. The molecule has 0 heterocycles. The van der Waals surface area contributed by atoms with Crippen molar-refractivity contribution in [3.8, 4) is 0 Å². The molecule has 0 bridgehead atoms. The van der Waals surface area contributed by atoms with Crippen molar-refractivity contribution >= 4 is 17.5 Å². The molecule has 2 aromatic rings. The molecule has 120 valence electrons. The largest absolute Gasteiger partial charge is 0.366 e. The molecule has 5 N–H and O–H groups in total. The number of nitrogens with one attached hydrogen (secondary N) is 1. The molecule has 0 spiro atoms. The van der Waals surface area contributed by atoms with Crippen LogP contribution in [0.4, 0.5) is 10.1 Å². The first kappa shape index (κ1) is 16.6. The molecule has 0 fully saturated rings. The van der Waals surface area contributed by atoms with Crippen LogP contribution in [0.2, 0.25) is 0 Å². The van der Waals surface area contributed by atoms with Crippen molar-refractivity contribution in [2.45, 2.75) is 12.8 Å². The van der Waals surface area contributed by atoms with Gasteiger partial charge in [0.1, 0.15) is 5.82 Å². The normalized spacial score (nSPS) is 11.8. The van der Waals surface area contributed by atoms with E-state index in [1.54, 1.807) is 0 Å². The summed E-state index contributed by atoms with van der Waals surface area (Å²) in [5.41, 5.74) is 12.6. The van der Waals surface area contributed by atoms with Crippen LogP contribution in [0.25, 0.3) is 0 Å². The highest BCUT2D eigenvalue weighted by Crippen LogP contribution is 2.20. The van der Waals surface area contributed by atoms with E-state index in [9.17, 15) is 14.0 Å². The van der Waals surface area contributed by atoms with Crippen LogP contribution in [0.1, 0.15) is 27.4 Å². The molecule has 0 saturated carbocycles. The van der Waals surface area contributed by atoms with Gasteiger partial charge in [-0.05, 0) is 30.7 Å². The topological polar surface area (TPSA) is 98.2 Å². The second-order valence-corrected chi connectivity index (χ2v) is 5.25. The van der Waals surface area contributed by atoms with Crippen LogP contribution in [-0.4, -0.2) is 18.4 Å². The van der Waals surface area contributed by atoms with Crippen molar-refractivity contribution in [3.63, 3.8) is 0 Å². The van der Waals surface area contributed by atoms with Gasteiger partial charge in [-0.1, -0.05) is 29.8 Å². The van der Waals surface area contributed by atoms with Crippen LogP contribution in [0.5, 0.6) is 0 Å². The van der Waals surface area contributed by atoms with Crippen molar-refractivity contribution in [1.82, 2.24) is 0 Å². The minimum atomic E-state index is -0.861. The lowest BCUT2D eigenvalue weighted by Gasteiger charge is -2.16. The number of carbonyl (C=O) groups excluding carboxylic acids is 2. The Morgan fingerprint density at radius 1 is 1.17 bits per heavy atom. The summed E-state index contributed by atoms with van der Waals surface area (Å²) in [6.45, 7) is 2.07. The number of benzene rings is 2. The Bertz CT molecular complexity index is 729. The van der Waals surface area contributed by atoms with Crippen LogP contribution >= 0.6 is 0 Å². The molecular formula is C17H18FN3O2. The summed E-state index contributed by atoms with van der Waals surface area (Å²) < 4.78 is 13.7. The van der Waals surface area contributed by atoms with Gasteiger partial charge in [0.2, 0.25) is 5.91 Å². The van der Waals surface area contributed by atoms with E-state index in [1.165, 1.54) is 12.1 Å². The second kappa shape index (κ2) is 7.02. The van der Waals surface area contributed by atoms with Gasteiger partial charge >= 0.3 is 0 Å². The summed E-state index contributed by atoms with van der Waals surface area (Å²) in [6.07, 6.45) is 0. The van der Waals surface area contributed by atoms with E-state index >= 15 is 0 Å². The average molecular weight is 315 g/mol. The van der Waals surface area contributed by atoms with Crippen molar-refractivity contribution in [1.29, 1.82) is 0 Å². The minimum absolute atomic E-state index is 0.122. The quantitative estimate of drug-likeness (QED) is 0.786. The highest BCUT2D eigenvalue weighted by atomic mass is 19.1. The summed E-state index contributed by atoms with van der Waals surface area (Å²) in [7, 11) is 0. The van der Waals surface area contributed by atoms with Gasteiger partial charge in [-0.2, -0.15) is 0 Å². The zero-order chi connectivity index (χ0) is 17.0. The lowest BCUT2D eigenvalue weighted by atomic mass is 9.97. The third-order valence-corrected chi connectivity index (χ3v) is 3.53. The van der Waals surface area contributed by atoms with Crippen LogP contribution in [0, 0.1) is 12.7 Å². The summed E-state index contributed by atoms with van der Waals surface area (Å²) >= 11 is 0. The Balaban J connectivity index is 2.18. The summed E-state index contributed by atoms with van der Waals surface area (Å²) in [4.78, 5) is 23.4. The average Bonchev–Trinajstić information content (AvgIpc) is 2.49. The molecule has 0 radical (unpaired) electrons. The van der Waals surface area contributed by atoms with E-state index in [1.807, 2.05) is 31.2 Å². The Morgan fingerprint density at radius 2 is 1.83 bits per heavy atom. The van der Waals surface area contributed by atoms with E-state index in [4.69, 9.17) is 11.5 Å². The van der Waals surface area contributed by atoms with Gasteiger partial charge in [-0.15, -0.1) is 0 Å². The standard InChI is InChI=1S/C17H18FN3O2/c1-10-2-4-11(5-3-10)14(9-19)17(23)21-12-6-7-13(16(20)22)15(18)8-12/h2-8,14H,9,19H2,1H3,(H2,20,22)(H,21,23). The number of nitrogens with two attached hydrogens (primary N) is 2. The SMILES string of the molecule is Cc1ccc(C(CN)C(=O)Nc2ccc(C(N)=O)c(F)c2)cc1. The van der Waals surface area contributed by atoms with Crippen LogP contribution in [-0.2, 0) is 4.79 Å². The van der Waals surface area contributed by atoms with E-state index in [0.29, 0.717) is 0 Å². The highest BCUT2D eigenvalue weighted by molar-refractivity contribution is 5.97. The molecule has 1 unspecified atom stereocenters. The third-order valence-electron chi connectivity index (χ3n) is 3.53. The first-order valence-corrected chi connectivity index (χ1v) is 7.09. The number of aryl methyl sites for hydroxylation is 1. The maximum absolute atomic E-state index is 13.7. The highest BCUT2D eigenvalue weighted by Gasteiger charge is 2.19. The molecular weight excluding hydrogens is 297 g/mol. The molecule has 2 rings (SSSR count). The Labute approximate surface area is 133 Å². The number of amides is 2. The number of anilines is 1. The van der Waals surface area contributed by atoms with Crippen LogP contribution < -0.4 is 16.8 Å². The van der Waals surface area contributed by atoms with E-state index < -0.39 is 17.6 Å². The number of carbonyl (C=O) groups is 2. The summed E-state index contributed by atoms with van der Waals surface area (Å²) in [5.74, 6) is -2.54. The zero-order valence-corrected chi connectivity index (χ0v) is 12.7. The molecule has 2 amide bonds. The minimum Gasteiger partial charge on any atom is -0.366 e. The van der Waals surface area contributed by atoms with Gasteiger partial charge in [0.25, 0.3) is 5.91 Å². The molecule has 23 heavy (non-hydrogen) atoms. The van der Waals surface area contributed by atoms with Gasteiger partial charge in [-0.3, -0.25) is 9.59 Å². The number of hydrogen-bond acceptors (Lipinski definition) is 3. The molecule has 0 aromatic heterocycles. The van der Waals surface area contributed by atoms with Gasteiger partial charge in [0.05, 0.1) is 11.5 Å². The van der Waals surface area contributed by atoms with Crippen LogP contribution in [0.3, 0.4) is 0 Å². The number of primary amides is 1. The predicted octanol–water partition coefficient (Wildman–Crippen LogP) is 1.91. The van der Waals surface area contributed by atoms with Crippen molar-refractivity contribution in [2.75, 3.05) is 11.9 Å². The van der Waals surface area contributed by atoms with E-state index in [0.717, 1.165) is 17.2 Å². The zero-order valence-electron chi connectivity index (χ0n) is 12.7. The van der Waals surface area contributed by atoms with Crippen molar-refractivity contribution < 1.29 is 14.0 Å². The fraction of sp³-hybridized carbons (Fsp3) is 0.176. The lowest BCUT2D eigenvalue weighted by molar-refractivity contribution is -0.117. The second-order valence-electron chi connectivity index (χ2n) is 5.25. The molecule has 6 heteroatoms. The van der Waals surface area contributed by atoms with Gasteiger partial charge in [0, 0.05) is 12.2 Å². The fourth-order valence-electron chi connectivity index (χ4n) is 2.22. The predicted molar refractivity (Wildman–Crippen MR) is 86.5 cm³/mol. The van der Waals surface area contributed by atoms with Crippen LogP contribution in [0.15, 0.2) is 42.5 Å². The maximum Gasteiger partial charge on any atom is 0.251 e. The van der Waals surface area contributed by atoms with Gasteiger partial charge in [0.15, 0.2) is 0 Å². The molecule has 0 saturated heterocycles. The molecule has 5 nitrogen and oxygen atoms in total. The monoisotopic (exact) mass is 315 g/mol.